The largest absolute Gasteiger partial charge is 0.573 e. The van der Waals surface area contributed by atoms with Gasteiger partial charge in [-0.05, 0) is 50.1 Å². The molecule has 0 amide bonds. The molecular formula is C29H26F3NO5. The van der Waals surface area contributed by atoms with Gasteiger partial charge in [0.1, 0.15) is 5.75 Å². The Balaban J connectivity index is 1.76. The second kappa shape index (κ2) is 10.7. The van der Waals surface area contributed by atoms with Crippen LogP contribution in [-0.4, -0.2) is 33.9 Å². The van der Waals surface area contributed by atoms with Crippen LogP contribution in [0.2, 0.25) is 0 Å². The van der Waals surface area contributed by atoms with E-state index in [1.807, 2.05) is 35.8 Å². The molecule has 0 aliphatic heterocycles. The number of hydrogen-bond acceptors (Lipinski definition) is 4. The lowest BCUT2D eigenvalue weighted by molar-refractivity contribution is -0.274. The molecule has 4 aromatic rings. The topological polar surface area (TPSA) is 77.8 Å². The van der Waals surface area contributed by atoms with Crippen LogP contribution in [0.5, 0.6) is 5.75 Å². The van der Waals surface area contributed by atoms with Crippen molar-refractivity contribution in [2.24, 2.45) is 0 Å². The van der Waals surface area contributed by atoms with Crippen molar-refractivity contribution < 1.29 is 37.3 Å². The third-order valence-corrected chi connectivity index (χ3v) is 6.25. The molecule has 0 fully saturated rings. The highest BCUT2D eigenvalue weighted by molar-refractivity contribution is 6.17. The molecule has 1 aromatic heterocycles. The maximum absolute atomic E-state index is 13.6. The number of ketones is 1. The molecule has 1 atom stereocenters. The molecule has 0 aliphatic carbocycles. The number of fused-ring (bicyclic) bond motifs is 1. The average molecular weight is 526 g/mol. The number of nitrogens with zero attached hydrogens (tertiary/aromatic N) is 1. The van der Waals surface area contributed by atoms with Crippen molar-refractivity contribution in [1.82, 2.24) is 4.57 Å². The SMILES string of the molecule is Cc1ccc(C(=O)c2c(C)n(Cc3cccc(CO[C@H](C)C(=O)O)c3)c3ccc(OC(F)(F)F)cc23)cc1. The lowest BCUT2D eigenvalue weighted by Gasteiger charge is -2.12. The zero-order valence-corrected chi connectivity index (χ0v) is 21.0. The summed E-state index contributed by atoms with van der Waals surface area (Å²) in [7, 11) is 0. The second-order valence-electron chi connectivity index (χ2n) is 9.08. The fourth-order valence-electron chi connectivity index (χ4n) is 4.29. The van der Waals surface area contributed by atoms with Crippen LogP contribution >= 0.6 is 0 Å². The van der Waals surface area contributed by atoms with Crippen LogP contribution in [0.25, 0.3) is 10.9 Å². The number of carboxylic acids is 1. The molecule has 0 radical (unpaired) electrons. The van der Waals surface area contributed by atoms with E-state index in [0.717, 1.165) is 16.7 Å². The quantitative estimate of drug-likeness (QED) is 0.255. The van der Waals surface area contributed by atoms with E-state index in [9.17, 15) is 22.8 Å². The molecule has 0 bridgehead atoms. The van der Waals surface area contributed by atoms with Gasteiger partial charge in [0.05, 0.1) is 12.2 Å². The molecule has 1 heterocycles. The minimum Gasteiger partial charge on any atom is -0.479 e. The highest BCUT2D eigenvalue weighted by atomic mass is 19.4. The lowest BCUT2D eigenvalue weighted by Crippen LogP contribution is -2.19. The van der Waals surface area contributed by atoms with Crippen LogP contribution < -0.4 is 4.74 Å². The van der Waals surface area contributed by atoms with Crippen molar-refractivity contribution in [1.29, 1.82) is 0 Å². The van der Waals surface area contributed by atoms with Gasteiger partial charge in [-0.15, -0.1) is 13.2 Å². The lowest BCUT2D eigenvalue weighted by atomic mass is 9.99. The summed E-state index contributed by atoms with van der Waals surface area (Å²) in [5.74, 6) is -1.78. The molecule has 0 aliphatic rings. The van der Waals surface area contributed by atoms with Gasteiger partial charge in [-0.25, -0.2) is 4.79 Å². The number of benzene rings is 3. The van der Waals surface area contributed by atoms with E-state index in [4.69, 9.17) is 9.84 Å². The number of aryl methyl sites for hydroxylation is 1. The number of carboxylic acid groups (broad SMARTS) is 1. The normalized spacial score (nSPS) is 12.5. The number of aliphatic carboxylic acids is 1. The summed E-state index contributed by atoms with van der Waals surface area (Å²) in [5.41, 5.74) is 4.48. The number of ether oxygens (including phenoxy) is 2. The molecule has 198 valence electrons. The standard InChI is InChI=1S/C29H26F3NO5/c1-17-7-9-22(10-8-17)27(34)26-18(2)33(25-12-11-23(14-24(25)26)38-29(30,31)32)15-20-5-4-6-21(13-20)16-37-19(3)28(35)36/h4-14,19H,15-16H2,1-3H3,(H,35,36)/t19-/m1/s1. The van der Waals surface area contributed by atoms with Crippen LogP contribution in [0.1, 0.15) is 45.2 Å². The molecule has 0 saturated heterocycles. The fourth-order valence-corrected chi connectivity index (χ4v) is 4.29. The molecule has 1 N–H and O–H groups in total. The maximum Gasteiger partial charge on any atom is 0.573 e. The smallest absolute Gasteiger partial charge is 0.479 e. The van der Waals surface area contributed by atoms with E-state index in [1.165, 1.54) is 25.1 Å². The van der Waals surface area contributed by atoms with Crippen molar-refractivity contribution >= 4 is 22.7 Å². The van der Waals surface area contributed by atoms with Crippen LogP contribution in [0, 0.1) is 13.8 Å². The monoisotopic (exact) mass is 525 g/mol. The van der Waals surface area contributed by atoms with E-state index < -0.39 is 24.2 Å². The number of alkyl halides is 3. The Kier molecular flexibility index (Phi) is 7.59. The first-order valence-corrected chi connectivity index (χ1v) is 11.8. The van der Waals surface area contributed by atoms with E-state index >= 15 is 0 Å². The van der Waals surface area contributed by atoms with E-state index in [1.54, 1.807) is 31.2 Å². The van der Waals surface area contributed by atoms with Gasteiger partial charge >= 0.3 is 12.3 Å². The van der Waals surface area contributed by atoms with Gasteiger partial charge in [-0.2, -0.15) is 0 Å². The minimum absolute atomic E-state index is 0.0992. The van der Waals surface area contributed by atoms with E-state index in [-0.39, 0.29) is 12.4 Å². The Morgan fingerprint density at radius 3 is 2.32 bits per heavy atom. The fraction of sp³-hybridized carbons (Fsp3) is 0.241. The average Bonchev–Trinajstić information content (AvgIpc) is 3.12. The van der Waals surface area contributed by atoms with E-state index in [0.29, 0.717) is 34.3 Å². The number of aromatic nitrogens is 1. The minimum atomic E-state index is -4.87. The molecule has 6 nitrogen and oxygen atoms in total. The number of carbonyl (C=O) groups is 2. The summed E-state index contributed by atoms with van der Waals surface area (Å²) in [6.45, 7) is 5.53. The van der Waals surface area contributed by atoms with Crippen LogP contribution in [0.4, 0.5) is 13.2 Å². The number of hydrogen-bond donors (Lipinski definition) is 1. The first kappa shape index (κ1) is 26.9. The van der Waals surface area contributed by atoms with Gasteiger partial charge in [0.2, 0.25) is 0 Å². The van der Waals surface area contributed by atoms with Gasteiger partial charge in [-0.1, -0.05) is 54.1 Å². The molecule has 0 unspecified atom stereocenters. The highest BCUT2D eigenvalue weighted by Crippen LogP contribution is 2.34. The Labute approximate surface area is 217 Å². The highest BCUT2D eigenvalue weighted by Gasteiger charge is 2.32. The third-order valence-electron chi connectivity index (χ3n) is 6.25. The number of rotatable bonds is 9. The molecule has 9 heteroatoms. The zero-order valence-electron chi connectivity index (χ0n) is 21.0. The Morgan fingerprint density at radius 1 is 0.974 bits per heavy atom. The number of halogens is 3. The Hall–Kier alpha value is -4.11. The maximum atomic E-state index is 13.6. The zero-order chi connectivity index (χ0) is 27.6. The van der Waals surface area contributed by atoms with Crippen LogP contribution in [0.15, 0.2) is 66.7 Å². The van der Waals surface area contributed by atoms with Crippen LogP contribution in [-0.2, 0) is 22.7 Å². The summed E-state index contributed by atoms with van der Waals surface area (Å²) in [6.07, 6.45) is -5.83. The molecule has 38 heavy (non-hydrogen) atoms. The van der Waals surface area contributed by atoms with Gasteiger partial charge in [0.15, 0.2) is 11.9 Å². The van der Waals surface area contributed by atoms with E-state index in [2.05, 4.69) is 4.74 Å². The predicted octanol–water partition coefficient (Wildman–Crippen LogP) is 6.43. The summed E-state index contributed by atoms with van der Waals surface area (Å²) in [5, 5.41) is 9.39. The van der Waals surface area contributed by atoms with Crippen molar-refractivity contribution in [3.63, 3.8) is 0 Å². The van der Waals surface area contributed by atoms with Gasteiger partial charge in [0.25, 0.3) is 0 Å². The number of carbonyl (C=O) groups excluding carboxylic acids is 1. The first-order chi connectivity index (χ1) is 17.9. The molecule has 3 aromatic carbocycles. The molecule has 0 spiro atoms. The third kappa shape index (κ3) is 6.06. The van der Waals surface area contributed by atoms with Gasteiger partial charge in [0, 0.05) is 28.7 Å². The summed E-state index contributed by atoms with van der Waals surface area (Å²) in [6, 6.07) is 18.3. The van der Waals surface area contributed by atoms with Crippen molar-refractivity contribution in [2.45, 2.75) is 46.4 Å². The Bertz CT molecular complexity index is 1490. The van der Waals surface area contributed by atoms with Gasteiger partial charge in [-0.3, -0.25) is 4.79 Å². The summed E-state index contributed by atoms with van der Waals surface area (Å²) < 4.78 is 50.2. The first-order valence-electron chi connectivity index (χ1n) is 11.8. The van der Waals surface area contributed by atoms with Crippen molar-refractivity contribution in [3.05, 3.63) is 100 Å². The predicted molar refractivity (Wildman–Crippen MR) is 135 cm³/mol. The second-order valence-corrected chi connectivity index (χ2v) is 9.08. The van der Waals surface area contributed by atoms with Crippen molar-refractivity contribution in [2.75, 3.05) is 0 Å². The Morgan fingerprint density at radius 2 is 1.66 bits per heavy atom. The van der Waals surface area contributed by atoms with Crippen LogP contribution in [0.3, 0.4) is 0 Å². The molecule has 0 saturated carbocycles. The molecular weight excluding hydrogens is 499 g/mol. The summed E-state index contributed by atoms with van der Waals surface area (Å²) >= 11 is 0. The molecule has 4 rings (SSSR count). The summed E-state index contributed by atoms with van der Waals surface area (Å²) in [4.78, 5) is 24.6. The van der Waals surface area contributed by atoms with Gasteiger partial charge < -0.3 is 19.1 Å². The van der Waals surface area contributed by atoms with Crippen molar-refractivity contribution in [3.8, 4) is 5.75 Å².